The lowest BCUT2D eigenvalue weighted by atomic mass is 9.95. The first-order valence-electron chi connectivity index (χ1n) is 9.73. The standard InChI is InChI=1S/C23H20Br2N2O3S/c1-3-29-22(28)20-14(2)26-23-27(10-11-31-23)21(20)16-6-9-19(18(25)12-16)30-13-15-4-7-17(24)8-5-15/h4-12,21H,3,13H2,1-2H3/t21-/m0/s1. The second-order valence-electron chi connectivity index (χ2n) is 6.93. The smallest absolute Gasteiger partial charge is 0.338 e. The molecule has 2 aromatic rings. The van der Waals surface area contributed by atoms with Crippen LogP contribution in [0.5, 0.6) is 5.75 Å². The van der Waals surface area contributed by atoms with Crippen molar-refractivity contribution in [2.45, 2.75) is 26.5 Å². The average Bonchev–Trinajstić information content (AvgIpc) is 3.21. The van der Waals surface area contributed by atoms with Gasteiger partial charge in [-0.15, -0.1) is 0 Å². The van der Waals surface area contributed by atoms with Crippen molar-refractivity contribution in [3.05, 3.63) is 85.4 Å². The molecule has 0 aliphatic carbocycles. The molecule has 0 fully saturated rings. The van der Waals surface area contributed by atoms with Crippen LogP contribution in [0.1, 0.15) is 31.0 Å². The fourth-order valence-corrected chi connectivity index (χ4v) is 5.01. The average molecular weight is 564 g/mol. The molecule has 0 saturated carbocycles. The van der Waals surface area contributed by atoms with E-state index in [0.29, 0.717) is 24.5 Å². The molecule has 2 aliphatic rings. The summed E-state index contributed by atoms with van der Waals surface area (Å²) in [5.74, 6) is 0.394. The van der Waals surface area contributed by atoms with Crippen LogP contribution in [0.2, 0.25) is 0 Å². The van der Waals surface area contributed by atoms with E-state index in [1.54, 1.807) is 6.92 Å². The first kappa shape index (κ1) is 22.2. The lowest BCUT2D eigenvalue weighted by molar-refractivity contribution is -0.139. The molecule has 2 aromatic carbocycles. The van der Waals surface area contributed by atoms with E-state index in [2.05, 4.69) is 36.9 Å². The van der Waals surface area contributed by atoms with Gasteiger partial charge in [0.2, 0.25) is 0 Å². The zero-order chi connectivity index (χ0) is 22.0. The van der Waals surface area contributed by atoms with Crippen LogP contribution >= 0.6 is 43.6 Å². The van der Waals surface area contributed by atoms with Gasteiger partial charge < -0.3 is 14.4 Å². The summed E-state index contributed by atoms with van der Waals surface area (Å²) in [7, 11) is 0. The maximum absolute atomic E-state index is 12.8. The number of carbonyl (C=O) groups is 1. The number of thioether (sulfide) groups is 1. The fourth-order valence-electron chi connectivity index (χ4n) is 3.44. The van der Waals surface area contributed by atoms with Crippen molar-refractivity contribution in [2.24, 2.45) is 4.99 Å². The van der Waals surface area contributed by atoms with Crippen molar-refractivity contribution in [1.29, 1.82) is 0 Å². The number of aliphatic imine (C=N–C) groups is 1. The minimum absolute atomic E-state index is 0.311. The zero-order valence-corrected chi connectivity index (χ0v) is 21.0. The molecule has 0 bridgehead atoms. The van der Waals surface area contributed by atoms with Crippen LogP contribution in [0.4, 0.5) is 0 Å². The summed E-state index contributed by atoms with van der Waals surface area (Å²) in [6.45, 7) is 4.44. The number of amidine groups is 1. The van der Waals surface area contributed by atoms with Gasteiger partial charge in [-0.1, -0.05) is 45.9 Å². The van der Waals surface area contributed by atoms with Crippen LogP contribution in [-0.4, -0.2) is 22.6 Å². The molecule has 0 N–H and O–H groups in total. The molecular weight excluding hydrogens is 544 g/mol. The Morgan fingerprint density at radius 1 is 1.19 bits per heavy atom. The lowest BCUT2D eigenvalue weighted by Crippen LogP contribution is -2.34. The van der Waals surface area contributed by atoms with E-state index in [1.165, 1.54) is 11.8 Å². The Labute approximate surface area is 202 Å². The third kappa shape index (κ3) is 4.76. The van der Waals surface area contributed by atoms with Crippen LogP contribution in [0.3, 0.4) is 0 Å². The second-order valence-corrected chi connectivity index (χ2v) is 9.57. The summed E-state index contributed by atoms with van der Waals surface area (Å²) >= 11 is 8.62. The monoisotopic (exact) mass is 562 g/mol. The van der Waals surface area contributed by atoms with Crippen LogP contribution in [0.25, 0.3) is 0 Å². The molecule has 0 unspecified atom stereocenters. The Bertz CT molecular complexity index is 1100. The van der Waals surface area contributed by atoms with Gasteiger partial charge in [0.15, 0.2) is 5.17 Å². The van der Waals surface area contributed by atoms with Gasteiger partial charge in [0.25, 0.3) is 0 Å². The highest BCUT2D eigenvalue weighted by Gasteiger charge is 2.37. The molecule has 160 valence electrons. The molecule has 0 amide bonds. The number of hydrogen-bond acceptors (Lipinski definition) is 6. The topological polar surface area (TPSA) is 51.1 Å². The molecule has 0 aromatic heterocycles. The molecule has 5 nitrogen and oxygen atoms in total. The highest BCUT2D eigenvalue weighted by molar-refractivity contribution is 9.10. The summed E-state index contributed by atoms with van der Waals surface area (Å²) < 4.78 is 13.2. The molecule has 4 rings (SSSR count). The van der Waals surface area contributed by atoms with Crippen molar-refractivity contribution < 1.29 is 14.3 Å². The number of carbonyl (C=O) groups excluding carboxylic acids is 1. The first-order chi connectivity index (χ1) is 15.0. The Hall–Kier alpha value is -2.03. The van der Waals surface area contributed by atoms with E-state index in [0.717, 1.165) is 31.0 Å². The molecule has 8 heteroatoms. The number of benzene rings is 2. The van der Waals surface area contributed by atoms with Crippen LogP contribution < -0.4 is 4.74 Å². The Morgan fingerprint density at radius 3 is 2.68 bits per heavy atom. The van der Waals surface area contributed by atoms with E-state index in [9.17, 15) is 4.79 Å². The number of nitrogens with zero attached hydrogens (tertiary/aromatic N) is 2. The maximum atomic E-state index is 12.8. The normalized spacial score (nSPS) is 17.5. The van der Waals surface area contributed by atoms with E-state index < -0.39 is 0 Å². The van der Waals surface area contributed by atoms with Gasteiger partial charge in [0, 0.05) is 10.7 Å². The largest absolute Gasteiger partial charge is 0.488 e. The molecule has 2 heterocycles. The third-order valence-electron chi connectivity index (χ3n) is 4.90. The fraction of sp³-hybridized carbons (Fsp3) is 0.217. The first-order valence-corrected chi connectivity index (χ1v) is 12.2. The lowest BCUT2D eigenvalue weighted by Gasteiger charge is -2.33. The van der Waals surface area contributed by atoms with Crippen LogP contribution in [-0.2, 0) is 16.1 Å². The molecule has 1 atom stereocenters. The summed E-state index contributed by atoms with van der Waals surface area (Å²) in [5.41, 5.74) is 3.25. The van der Waals surface area contributed by atoms with E-state index in [4.69, 9.17) is 9.47 Å². The predicted molar refractivity (Wildman–Crippen MR) is 131 cm³/mol. The van der Waals surface area contributed by atoms with Gasteiger partial charge in [-0.2, -0.15) is 0 Å². The van der Waals surface area contributed by atoms with E-state index in [-0.39, 0.29) is 12.0 Å². The minimum atomic E-state index is -0.343. The molecule has 0 spiro atoms. The van der Waals surface area contributed by atoms with E-state index >= 15 is 0 Å². The number of halogens is 2. The molecule has 2 aliphatic heterocycles. The van der Waals surface area contributed by atoms with E-state index in [1.807, 2.05) is 65.9 Å². The zero-order valence-electron chi connectivity index (χ0n) is 17.0. The highest BCUT2D eigenvalue weighted by atomic mass is 79.9. The molecule has 0 radical (unpaired) electrons. The van der Waals surface area contributed by atoms with Crippen molar-refractivity contribution in [1.82, 2.24) is 4.90 Å². The number of esters is 1. The van der Waals surface area contributed by atoms with Gasteiger partial charge >= 0.3 is 5.97 Å². The predicted octanol–water partition coefficient (Wildman–Crippen LogP) is 6.56. The third-order valence-corrected chi connectivity index (χ3v) is 6.81. The quantitative estimate of drug-likeness (QED) is 0.373. The summed E-state index contributed by atoms with van der Waals surface area (Å²) in [6.07, 6.45) is 1.95. The summed E-state index contributed by atoms with van der Waals surface area (Å²) in [4.78, 5) is 19.4. The number of allylic oxidation sites excluding steroid dienone is 1. The Morgan fingerprint density at radius 2 is 1.97 bits per heavy atom. The number of rotatable bonds is 6. The molecule has 31 heavy (non-hydrogen) atoms. The maximum Gasteiger partial charge on any atom is 0.338 e. The van der Waals surface area contributed by atoms with Gasteiger partial charge in [0.05, 0.1) is 28.4 Å². The van der Waals surface area contributed by atoms with Crippen molar-refractivity contribution in [3.8, 4) is 5.75 Å². The summed E-state index contributed by atoms with van der Waals surface area (Å²) in [5, 5.41) is 2.82. The highest BCUT2D eigenvalue weighted by Crippen LogP contribution is 2.42. The van der Waals surface area contributed by atoms with Gasteiger partial charge in [-0.3, -0.25) is 0 Å². The van der Waals surface area contributed by atoms with Gasteiger partial charge in [0.1, 0.15) is 12.4 Å². The number of fused-ring (bicyclic) bond motifs is 1. The van der Waals surface area contributed by atoms with Gasteiger partial charge in [-0.05, 0) is 70.6 Å². The van der Waals surface area contributed by atoms with Gasteiger partial charge in [-0.25, -0.2) is 9.79 Å². The Kier molecular flexibility index (Phi) is 6.89. The van der Waals surface area contributed by atoms with Crippen molar-refractivity contribution >= 4 is 54.8 Å². The minimum Gasteiger partial charge on any atom is -0.488 e. The summed E-state index contributed by atoms with van der Waals surface area (Å²) in [6, 6.07) is 13.6. The second kappa shape index (κ2) is 9.63. The molecular formula is C23H20Br2N2O3S. The molecule has 0 saturated heterocycles. The van der Waals surface area contributed by atoms with Crippen LogP contribution in [0, 0.1) is 0 Å². The van der Waals surface area contributed by atoms with Crippen molar-refractivity contribution in [3.63, 3.8) is 0 Å². The Balaban J connectivity index is 1.62. The number of ether oxygens (including phenoxy) is 2. The SMILES string of the molecule is CCOC(=O)C1=C(C)N=C2SC=CN2[C@H]1c1ccc(OCc2ccc(Br)cc2)c(Br)c1. The van der Waals surface area contributed by atoms with Crippen molar-refractivity contribution in [2.75, 3.05) is 6.61 Å². The number of hydrogen-bond donors (Lipinski definition) is 0. The van der Waals surface area contributed by atoms with Crippen LogP contribution in [0.15, 0.2) is 79.3 Å².